The summed E-state index contributed by atoms with van der Waals surface area (Å²) in [5.74, 6) is 0. The average molecular weight is 356 g/mol. The van der Waals surface area contributed by atoms with Gasteiger partial charge in [-0.2, -0.15) is 0 Å². The molecule has 1 aromatic carbocycles. The van der Waals surface area contributed by atoms with Gasteiger partial charge in [-0.1, -0.05) is 28.9 Å². The molecule has 0 fully saturated rings. The molecule has 0 amide bonds. The van der Waals surface area contributed by atoms with E-state index in [0.717, 1.165) is 27.5 Å². The molecule has 0 saturated carbocycles. The summed E-state index contributed by atoms with van der Waals surface area (Å²) < 4.78 is 2.74. The van der Waals surface area contributed by atoms with Crippen molar-refractivity contribution in [3.63, 3.8) is 0 Å². The Kier molecular flexibility index (Phi) is 5.56. The van der Waals surface area contributed by atoms with E-state index in [1.807, 2.05) is 7.05 Å². The first-order chi connectivity index (χ1) is 9.61. The van der Waals surface area contributed by atoms with Crippen molar-refractivity contribution >= 4 is 27.7 Å². The zero-order valence-corrected chi connectivity index (χ0v) is 14.2. The van der Waals surface area contributed by atoms with Crippen LogP contribution in [0.1, 0.15) is 31.9 Å². The molecule has 0 aliphatic carbocycles. The van der Waals surface area contributed by atoms with Crippen LogP contribution < -0.4 is 5.32 Å². The minimum absolute atomic E-state index is 0.298. The van der Waals surface area contributed by atoms with Gasteiger partial charge in [0.05, 0.1) is 0 Å². The molecule has 0 aliphatic heterocycles. The van der Waals surface area contributed by atoms with Crippen molar-refractivity contribution in [1.82, 2.24) is 25.5 Å². The molecule has 1 heterocycles. The monoisotopic (exact) mass is 355 g/mol. The van der Waals surface area contributed by atoms with E-state index in [1.54, 1.807) is 16.4 Å². The van der Waals surface area contributed by atoms with Crippen LogP contribution in [0.3, 0.4) is 0 Å². The number of rotatable bonds is 6. The molecule has 0 saturated heterocycles. The Morgan fingerprint density at radius 3 is 2.90 bits per heavy atom. The third kappa shape index (κ3) is 3.80. The van der Waals surface area contributed by atoms with Crippen LogP contribution in [0.4, 0.5) is 0 Å². The van der Waals surface area contributed by atoms with Crippen molar-refractivity contribution in [3.8, 4) is 0 Å². The highest BCUT2D eigenvalue weighted by atomic mass is 79.9. The predicted molar refractivity (Wildman–Crippen MR) is 83.8 cm³/mol. The summed E-state index contributed by atoms with van der Waals surface area (Å²) >= 11 is 5.11. The van der Waals surface area contributed by atoms with Gasteiger partial charge in [-0.3, -0.25) is 0 Å². The van der Waals surface area contributed by atoms with Gasteiger partial charge in [-0.05, 0) is 59.8 Å². The van der Waals surface area contributed by atoms with Gasteiger partial charge in [0, 0.05) is 22.5 Å². The molecular formula is C13H18BrN5S. The van der Waals surface area contributed by atoms with Crippen molar-refractivity contribution in [2.75, 3.05) is 6.54 Å². The summed E-state index contributed by atoms with van der Waals surface area (Å²) in [6.07, 6.45) is 1.12. The maximum absolute atomic E-state index is 4.03. The van der Waals surface area contributed by atoms with Crippen LogP contribution >= 0.6 is 27.7 Å². The van der Waals surface area contributed by atoms with Crippen LogP contribution in [0.2, 0.25) is 0 Å². The Bertz CT molecular complexity index is 572. The Morgan fingerprint density at radius 1 is 1.45 bits per heavy atom. The summed E-state index contributed by atoms with van der Waals surface area (Å²) in [5.41, 5.74) is 1.26. The van der Waals surface area contributed by atoms with Crippen LogP contribution in [0.25, 0.3) is 0 Å². The van der Waals surface area contributed by atoms with Crippen molar-refractivity contribution in [3.05, 3.63) is 28.2 Å². The molecule has 1 unspecified atom stereocenters. The molecule has 0 radical (unpaired) electrons. The largest absolute Gasteiger partial charge is 0.310 e. The highest BCUT2D eigenvalue weighted by Gasteiger charge is 2.14. The van der Waals surface area contributed by atoms with E-state index < -0.39 is 0 Å². The third-order valence-electron chi connectivity index (χ3n) is 2.93. The normalized spacial score (nSPS) is 12.6. The van der Waals surface area contributed by atoms with Crippen molar-refractivity contribution in [2.24, 2.45) is 7.05 Å². The standard InChI is InChI=1S/C13H18BrN5S/c1-4-7-15-9(2)11-6-5-10(14)8-12(11)20-13-16-17-18-19(13)3/h5-6,8-9,15H,4,7H2,1-3H3. The molecule has 7 heteroatoms. The number of benzene rings is 1. The number of hydrogen-bond acceptors (Lipinski definition) is 5. The summed E-state index contributed by atoms with van der Waals surface area (Å²) in [6, 6.07) is 6.62. The maximum Gasteiger partial charge on any atom is 0.213 e. The summed E-state index contributed by atoms with van der Waals surface area (Å²) in [5, 5.41) is 15.9. The predicted octanol–water partition coefficient (Wildman–Crippen LogP) is 3.18. The lowest BCUT2D eigenvalue weighted by atomic mass is 10.1. The van der Waals surface area contributed by atoms with Gasteiger partial charge >= 0.3 is 0 Å². The first kappa shape index (κ1) is 15.5. The molecule has 0 aliphatic rings. The van der Waals surface area contributed by atoms with Crippen molar-refractivity contribution < 1.29 is 0 Å². The van der Waals surface area contributed by atoms with Gasteiger partial charge < -0.3 is 5.32 Å². The fourth-order valence-corrected chi connectivity index (χ4v) is 3.34. The number of nitrogens with one attached hydrogen (secondary N) is 1. The van der Waals surface area contributed by atoms with Crippen LogP contribution in [-0.4, -0.2) is 26.8 Å². The Balaban J connectivity index is 2.26. The van der Waals surface area contributed by atoms with E-state index in [1.165, 1.54) is 5.56 Å². The third-order valence-corrected chi connectivity index (χ3v) is 4.52. The smallest absolute Gasteiger partial charge is 0.213 e. The highest BCUT2D eigenvalue weighted by Crippen LogP contribution is 2.33. The zero-order chi connectivity index (χ0) is 14.5. The summed E-state index contributed by atoms with van der Waals surface area (Å²) in [4.78, 5) is 1.16. The van der Waals surface area contributed by atoms with Gasteiger partial charge in [0.2, 0.25) is 5.16 Å². The number of tetrazole rings is 1. The second-order valence-corrected chi connectivity index (χ2v) is 6.47. The zero-order valence-electron chi connectivity index (χ0n) is 11.8. The highest BCUT2D eigenvalue weighted by molar-refractivity contribution is 9.10. The molecular weight excluding hydrogens is 338 g/mol. The first-order valence-electron chi connectivity index (χ1n) is 6.55. The lowest BCUT2D eigenvalue weighted by Crippen LogP contribution is -2.19. The van der Waals surface area contributed by atoms with E-state index in [-0.39, 0.29) is 0 Å². The van der Waals surface area contributed by atoms with E-state index in [9.17, 15) is 0 Å². The molecule has 0 bridgehead atoms. The van der Waals surface area contributed by atoms with E-state index in [4.69, 9.17) is 0 Å². The van der Waals surface area contributed by atoms with Gasteiger partial charge in [-0.25, -0.2) is 4.68 Å². The molecule has 2 rings (SSSR count). The Hall–Kier alpha value is -0.920. The number of hydrogen-bond donors (Lipinski definition) is 1. The number of aromatic nitrogens is 4. The number of halogens is 1. The van der Waals surface area contributed by atoms with Crippen LogP contribution in [-0.2, 0) is 7.05 Å². The van der Waals surface area contributed by atoms with Gasteiger partial charge in [0.25, 0.3) is 0 Å². The second-order valence-electron chi connectivity index (χ2n) is 4.55. The summed E-state index contributed by atoms with van der Waals surface area (Å²) in [6.45, 7) is 5.35. The molecule has 2 aromatic rings. The van der Waals surface area contributed by atoms with Gasteiger partial charge in [0.15, 0.2) is 0 Å². The van der Waals surface area contributed by atoms with E-state index >= 15 is 0 Å². The lowest BCUT2D eigenvalue weighted by molar-refractivity contribution is 0.563. The van der Waals surface area contributed by atoms with Gasteiger partial charge in [-0.15, -0.1) is 5.10 Å². The van der Waals surface area contributed by atoms with Crippen LogP contribution in [0.5, 0.6) is 0 Å². The van der Waals surface area contributed by atoms with Crippen LogP contribution in [0.15, 0.2) is 32.7 Å². The van der Waals surface area contributed by atoms with Gasteiger partial charge in [0.1, 0.15) is 0 Å². The quantitative estimate of drug-likeness (QED) is 0.862. The molecule has 1 aromatic heterocycles. The fraction of sp³-hybridized carbons (Fsp3) is 0.462. The maximum atomic E-state index is 4.03. The number of nitrogens with zero attached hydrogens (tertiary/aromatic N) is 4. The minimum Gasteiger partial charge on any atom is -0.310 e. The Morgan fingerprint density at radius 2 is 2.25 bits per heavy atom. The minimum atomic E-state index is 0.298. The number of aryl methyl sites for hydroxylation is 1. The fourth-order valence-electron chi connectivity index (χ4n) is 1.83. The Labute approximate surface area is 131 Å². The van der Waals surface area contributed by atoms with E-state index in [2.05, 4.69) is 68.8 Å². The molecule has 108 valence electrons. The molecule has 1 atom stereocenters. The average Bonchev–Trinajstić information content (AvgIpc) is 2.82. The summed E-state index contributed by atoms with van der Waals surface area (Å²) in [7, 11) is 1.85. The molecule has 20 heavy (non-hydrogen) atoms. The van der Waals surface area contributed by atoms with Crippen molar-refractivity contribution in [1.29, 1.82) is 0 Å². The topological polar surface area (TPSA) is 55.6 Å². The molecule has 1 N–H and O–H groups in total. The van der Waals surface area contributed by atoms with Crippen LogP contribution in [0, 0.1) is 0 Å². The first-order valence-corrected chi connectivity index (χ1v) is 8.15. The molecule has 0 spiro atoms. The van der Waals surface area contributed by atoms with Crippen molar-refractivity contribution in [2.45, 2.75) is 36.4 Å². The lowest BCUT2D eigenvalue weighted by Gasteiger charge is -2.17. The second kappa shape index (κ2) is 7.19. The van der Waals surface area contributed by atoms with E-state index in [0.29, 0.717) is 6.04 Å². The SMILES string of the molecule is CCCNC(C)c1ccc(Br)cc1Sc1nnnn1C. The molecule has 5 nitrogen and oxygen atoms in total.